The number of halogens is 3. The molecule has 0 spiro atoms. The second kappa shape index (κ2) is 8.53. The molecule has 29 heavy (non-hydrogen) atoms. The Labute approximate surface area is 181 Å². The van der Waals surface area contributed by atoms with Crippen molar-refractivity contribution in [3.63, 3.8) is 0 Å². The van der Waals surface area contributed by atoms with Crippen molar-refractivity contribution < 1.29 is 9.18 Å². The maximum absolute atomic E-state index is 13.2. The number of anilines is 1. The Morgan fingerprint density at radius 3 is 2.21 bits per heavy atom. The second-order valence-corrected chi connectivity index (χ2v) is 8.98. The molecule has 2 saturated heterocycles. The lowest BCUT2D eigenvalue weighted by Gasteiger charge is -2.36. The van der Waals surface area contributed by atoms with Gasteiger partial charge in [-0.1, -0.05) is 23.2 Å². The molecule has 0 saturated carbocycles. The fourth-order valence-corrected chi connectivity index (χ4v) is 5.30. The highest BCUT2D eigenvalue weighted by Gasteiger charge is 2.40. The van der Waals surface area contributed by atoms with E-state index in [4.69, 9.17) is 23.2 Å². The highest BCUT2D eigenvalue weighted by Crippen LogP contribution is 2.38. The Kier molecular flexibility index (Phi) is 6.03. The molecule has 1 amide bonds. The summed E-state index contributed by atoms with van der Waals surface area (Å²) in [7, 11) is 0. The van der Waals surface area contributed by atoms with Crippen molar-refractivity contribution in [2.45, 2.75) is 32.2 Å². The molecule has 2 fully saturated rings. The predicted molar refractivity (Wildman–Crippen MR) is 116 cm³/mol. The van der Waals surface area contributed by atoms with Crippen LogP contribution < -0.4 is 4.90 Å². The quantitative estimate of drug-likeness (QED) is 0.592. The zero-order valence-electron chi connectivity index (χ0n) is 16.5. The zero-order chi connectivity index (χ0) is 20.5. The highest BCUT2D eigenvalue weighted by molar-refractivity contribution is 6.34. The Morgan fingerprint density at radius 1 is 0.966 bits per heavy atom. The van der Waals surface area contributed by atoms with Crippen LogP contribution in [0.25, 0.3) is 0 Å². The van der Waals surface area contributed by atoms with Gasteiger partial charge in [0.15, 0.2) is 0 Å². The molecule has 0 bridgehead atoms. The fourth-order valence-electron chi connectivity index (χ4n) is 4.75. The third-order valence-corrected chi connectivity index (χ3v) is 6.85. The molecule has 2 aromatic rings. The van der Waals surface area contributed by atoms with Gasteiger partial charge in [-0.3, -0.25) is 4.79 Å². The van der Waals surface area contributed by atoms with Crippen LogP contribution in [0.4, 0.5) is 10.1 Å². The van der Waals surface area contributed by atoms with E-state index in [1.165, 1.54) is 12.1 Å². The Morgan fingerprint density at radius 2 is 1.59 bits per heavy atom. The van der Waals surface area contributed by atoms with Crippen molar-refractivity contribution in [1.29, 1.82) is 0 Å². The van der Waals surface area contributed by atoms with E-state index in [0.29, 0.717) is 16.0 Å². The summed E-state index contributed by atoms with van der Waals surface area (Å²) in [5.41, 5.74) is 2.03. The molecule has 2 aliphatic heterocycles. The van der Waals surface area contributed by atoms with E-state index in [-0.39, 0.29) is 23.7 Å². The van der Waals surface area contributed by atoms with E-state index < -0.39 is 0 Å². The summed E-state index contributed by atoms with van der Waals surface area (Å²) in [6.07, 6.45) is 2.87. The molecule has 0 radical (unpaired) electrons. The van der Waals surface area contributed by atoms with Crippen LogP contribution in [-0.2, 0) is 4.79 Å². The smallest absolute Gasteiger partial charge is 0.226 e. The van der Waals surface area contributed by atoms with Crippen LogP contribution in [0.15, 0.2) is 42.5 Å². The van der Waals surface area contributed by atoms with Gasteiger partial charge < -0.3 is 9.80 Å². The first-order valence-electron chi connectivity index (χ1n) is 10.2. The summed E-state index contributed by atoms with van der Waals surface area (Å²) in [5.74, 6) is 0.519. The van der Waals surface area contributed by atoms with Crippen molar-refractivity contribution >= 4 is 34.8 Å². The number of carbonyl (C=O) groups is 1. The summed E-state index contributed by atoms with van der Waals surface area (Å²) in [4.78, 5) is 17.4. The number of amides is 1. The van der Waals surface area contributed by atoms with Crippen molar-refractivity contribution in [2.75, 3.05) is 24.5 Å². The molecule has 154 valence electrons. The fraction of sp³-hybridized carbons (Fsp3) is 0.435. The lowest BCUT2D eigenvalue weighted by atomic mass is 9.83. The summed E-state index contributed by atoms with van der Waals surface area (Å²) in [6, 6.07) is 12.1. The van der Waals surface area contributed by atoms with Crippen molar-refractivity contribution in [3.8, 4) is 0 Å². The average Bonchev–Trinajstić information content (AvgIpc) is 3.09. The minimum atomic E-state index is -0.213. The van der Waals surface area contributed by atoms with Crippen molar-refractivity contribution in [3.05, 3.63) is 63.9 Å². The lowest BCUT2D eigenvalue weighted by Crippen LogP contribution is -2.39. The summed E-state index contributed by atoms with van der Waals surface area (Å²) < 4.78 is 13.2. The van der Waals surface area contributed by atoms with Gasteiger partial charge in [-0.25, -0.2) is 4.39 Å². The van der Waals surface area contributed by atoms with Crippen molar-refractivity contribution in [1.82, 2.24) is 4.90 Å². The highest BCUT2D eigenvalue weighted by atomic mass is 35.5. The number of piperidine rings is 1. The number of likely N-dealkylation sites (tertiary alicyclic amines) is 1. The van der Waals surface area contributed by atoms with Crippen molar-refractivity contribution in [2.24, 2.45) is 11.8 Å². The van der Waals surface area contributed by atoms with Crippen LogP contribution in [0.2, 0.25) is 10.0 Å². The van der Waals surface area contributed by atoms with E-state index in [1.807, 2.05) is 36.1 Å². The van der Waals surface area contributed by atoms with Gasteiger partial charge in [0, 0.05) is 41.3 Å². The third kappa shape index (κ3) is 4.39. The zero-order valence-corrected chi connectivity index (χ0v) is 18.0. The number of carbonyl (C=O) groups excluding carboxylic acids is 1. The Hall–Kier alpha value is -1.78. The third-order valence-electron chi connectivity index (χ3n) is 6.42. The topological polar surface area (TPSA) is 23.6 Å². The summed E-state index contributed by atoms with van der Waals surface area (Å²) >= 11 is 12.3. The van der Waals surface area contributed by atoms with Gasteiger partial charge in [0.2, 0.25) is 5.91 Å². The van der Waals surface area contributed by atoms with E-state index in [0.717, 1.165) is 50.1 Å². The monoisotopic (exact) mass is 434 g/mol. The molecule has 0 N–H and O–H groups in total. The first kappa shape index (κ1) is 20.5. The van der Waals surface area contributed by atoms with Crippen LogP contribution in [0.3, 0.4) is 0 Å². The van der Waals surface area contributed by atoms with Gasteiger partial charge in [0.1, 0.15) is 5.82 Å². The molecule has 2 heterocycles. The normalized spacial score (nSPS) is 21.7. The molecule has 3 nitrogen and oxygen atoms in total. The number of benzene rings is 2. The van der Waals surface area contributed by atoms with Gasteiger partial charge in [-0.15, -0.1) is 0 Å². The number of rotatable bonds is 4. The molecule has 0 aromatic heterocycles. The second-order valence-electron chi connectivity index (χ2n) is 8.11. The first-order valence-corrected chi connectivity index (χ1v) is 10.9. The van der Waals surface area contributed by atoms with Gasteiger partial charge in [-0.05, 0) is 80.1 Å². The van der Waals surface area contributed by atoms with E-state index >= 15 is 0 Å². The Bertz CT molecular complexity index is 861. The van der Waals surface area contributed by atoms with E-state index in [1.54, 1.807) is 6.07 Å². The molecule has 2 atom stereocenters. The lowest BCUT2D eigenvalue weighted by molar-refractivity contribution is -0.134. The van der Waals surface area contributed by atoms with Crippen LogP contribution in [0.5, 0.6) is 0 Å². The van der Waals surface area contributed by atoms with Gasteiger partial charge in [0.25, 0.3) is 0 Å². The average molecular weight is 435 g/mol. The molecular formula is C23H25Cl2FN2O. The Balaban J connectivity index is 1.38. The molecule has 2 aliphatic rings. The van der Waals surface area contributed by atoms with Crippen LogP contribution in [0, 0.1) is 17.7 Å². The first-order chi connectivity index (χ1) is 13.9. The molecule has 4 rings (SSSR count). The molecular weight excluding hydrogens is 410 g/mol. The maximum atomic E-state index is 13.2. The van der Waals surface area contributed by atoms with Crippen LogP contribution >= 0.6 is 23.2 Å². The summed E-state index contributed by atoms with van der Waals surface area (Å²) in [6.45, 7) is 4.62. The van der Waals surface area contributed by atoms with E-state index in [2.05, 4.69) is 4.90 Å². The van der Waals surface area contributed by atoms with Crippen LogP contribution in [0.1, 0.15) is 37.8 Å². The van der Waals surface area contributed by atoms with Gasteiger partial charge in [-0.2, -0.15) is 0 Å². The number of hydrogen-bond donors (Lipinski definition) is 0. The van der Waals surface area contributed by atoms with Gasteiger partial charge >= 0.3 is 0 Å². The predicted octanol–water partition coefficient (Wildman–Crippen LogP) is 5.96. The number of hydrogen-bond acceptors (Lipinski definition) is 2. The van der Waals surface area contributed by atoms with E-state index in [9.17, 15) is 9.18 Å². The minimum Gasteiger partial charge on any atom is -0.372 e. The molecule has 0 aliphatic carbocycles. The summed E-state index contributed by atoms with van der Waals surface area (Å²) in [5, 5.41) is 1.19. The maximum Gasteiger partial charge on any atom is 0.226 e. The van der Waals surface area contributed by atoms with Crippen LogP contribution in [-0.4, -0.2) is 30.4 Å². The van der Waals surface area contributed by atoms with Gasteiger partial charge in [0.05, 0.1) is 6.04 Å². The molecule has 6 heteroatoms. The molecule has 2 unspecified atom stereocenters. The minimum absolute atomic E-state index is 0.0389. The largest absolute Gasteiger partial charge is 0.372 e. The SMILES string of the molecule is CC(c1cc(Cl)cc(Cl)c1)N1CCC(C2CCN(c3ccc(F)cc3)CC2)C1=O. The number of nitrogens with zero attached hydrogens (tertiary/aromatic N) is 2. The molecule has 2 aromatic carbocycles. The standard InChI is InChI=1S/C23H25Cl2FN2O/c1-15(17-12-18(24)14-19(25)13-17)28-11-8-22(23(28)29)16-6-9-27(10-7-16)21-4-2-20(26)3-5-21/h2-5,12-16,22H,6-11H2,1H3.